The fraction of sp³-hybridized carbons (Fsp3) is 0.294. The van der Waals surface area contributed by atoms with Crippen LogP contribution in [0.25, 0.3) is 0 Å². The van der Waals surface area contributed by atoms with Crippen molar-refractivity contribution in [2.24, 2.45) is 0 Å². The molecule has 0 atom stereocenters. The van der Waals surface area contributed by atoms with E-state index in [-0.39, 0.29) is 5.82 Å². The third-order valence-corrected chi connectivity index (χ3v) is 4.55. The Kier molecular flexibility index (Phi) is 3.79. The van der Waals surface area contributed by atoms with Crippen LogP contribution < -0.4 is 5.32 Å². The van der Waals surface area contributed by atoms with Crippen LogP contribution in [-0.2, 0) is 0 Å². The van der Waals surface area contributed by atoms with Crippen molar-refractivity contribution in [3.8, 4) is 0 Å². The molecule has 0 aliphatic heterocycles. The van der Waals surface area contributed by atoms with Crippen LogP contribution in [0.15, 0.2) is 46.9 Å². The van der Waals surface area contributed by atoms with Gasteiger partial charge in [-0.15, -0.1) is 0 Å². The highest BCUT2D eigenvalue weighted by Gasteiger charge is 2.30. The van der Waals surface area contributed by atoms with Crippen molar-refractivity contribution >= 4 is 21.6 Å². The van der Waals surface area contributed by atoms with Gasteiger partial charge in [0, 0.05) is 11.7 Å². The molecule has 2 aromatic carbocycles. The van der Waals surface area contributed by atoms with Gasteiger partial charge in [0.25, 0.3) is 0 Å². The summed E-state index contributed by atoms with van der Waals surface area (Å²) in [7, 11) is 0. The van der Waals surface area contributed by atoms with Crippen molar-refractivity contribution in [3.05, 3.63) is 63.9 Å². The predicted octanol–water partition coefficient (Wildman–Crippen LogP) is 5.25. The molecule has 2 aromatic rings. The number of hydrogen-bond acceptors (Lipinski definition) is 1. The molecule has 3 rings (SSSR count). The maximum atomic E-state index is 13.2. The van der Waals surface area contributed by atoms with Crippen LogP contribution >= 0.6 is 15.9 Å². The molecule has 0 aromatic heterocycles. The molecule has 1 saturated carbocycles. The Balaban J connectivity index is 1.59. The summed E-state index contributed by atoms with van der Waals surface area (Å²) in [6.45, 7) is 2.13. The summed E-state index contributed by atoms with van der Waals surface area (Å²) in [4.78, 5) is 0. The number of halogens is 2. The average Bonchev–Trinajstić information content (AvgIpc) is 2.37. The van der Waals surface area contributed by atoms with E-state index in [0.717, 1.165) is 18.5 Å². The summed E-state index contributed by atoms with van der Waals surface area (Å²) >= 11 is 3.22. The number of benzene rings is 2. The molecule has 1 aliphatic carbocycles. The number of nitrogens with one attached hydrogen (secondary N) is 1. The Labute approximate surface area is 127 Å². The van der Waals surface area contributed by atoms with Gasteiger partial charge in [0.05, 0.1) is 4.47 Å². The van der Waals surface area contributed by atoms with Gasteiger partial charge in [-0.3, -0.25) is 0 Å². The Morgan fingerprint density at radius 3 is 2.65 bits per heavy atom. The third kappa shape index (κ3) is 2.88. The Morgan fingerprint density at radius 1 is 1.15 bits per heavy atom. The molecule has 0 heterocycles. The van der Waals surface area contributed by atoms with Crippen LogP contribution in [0.4, 0.5) is 10.1 Å². The molecule has 3 heteroatoms. The second kappa shape index (κ2) is 5.57. The van der Waals surface area contributed by atoms with E-state index in [1.165, 1.54) is 17.2 Å². The SMILES string of the molecule is Cc1cccc(C2CC(Nc3ccc(F)c(Br)c3)C2)c1. The summed E-state index contributed by atoms with van der Waals surface area (Å²) < 4.78 is 13.7. The van der Waals surface area contributed by atoms with Crippen LogP contribution in [0.3, 0.4) is 0 Å². The lowest BCUT2D eigenvalue weighted by Crippen LogP contribution is -2.34. The smallest absolute Gasteiger partial charge is 0.137 e. The molecule has 1 aliphatic rings. The molecule has 0 bridgehead atoms. The van der Waals surface area contributed by atoms with E-state index in [1.807, 2.05) is 0 Å². The zero-order valence-corrected chi connectivity index (χ0v) is 13.0. The molecule has 1 N–H and O–H groups in total. The first-order chi connectivity index (χ1) is 9.61. The van der Waals surface area contributed by atoms with Gasteiger partial charge in [-0.25, -0.2) is 4.39 Å². The minimum atomic E-state index is -0.221. The van der Waals surface area contributed by atoms with Crippen LogP contribution in [0.2, 0.25) is 0 Å². The van der Waals surface area contributed by atoms with Gasteiger partial charge in [0.1, 0.15) is 5.82 Å². The van der Waals surface area contributed by atoms with Gasteiger partial charge in [-0.05, 0) is 65.4 Å². The van der Waals surface area contributed by atoms with E-state index in [4.69, 9.17) is 0 Å². The summed E-state index contributed by atoms with van der Waals surface area (Å²) in [5.41, 5.74) is 3.73. The minimum absolute atomic E-state index is 0.221. The largest absolute Gasteiger partial charge is 0.382 e. The number of hydrogen-bond donors (Lipinski definition) is 1. The first-order valence-corrected chi connectivity index (χ1v) is 7.69. The summed E-state index contributed by atoms with van der Waals surface area (Å²) in [6, 6.07) is 14.3. The van der Waals surface area contributed by atoms with Crippen molar-refractivity contribution in [1.82, 2.24) is 0 Å². The molecule has 1 fully saturated rings. The van der Waals surface area contributed by atoms with Gasteiger partial charge in [-0.2, -0.15) is 0 Å². The van der Waals surface area contributed by atoms with Gasteiger partial charge in [0.15, 0.2) is 0 Å². The first-order valence-electron chi connectivity index (χ1n) is 6.90. The average molecular weight is 334 g/mol. The molecule has 0 saturated heterocycles. The monoisotopic (exact) mass is 333 g/mol. The van der Waals surface area contributed by atoms with Crippen molar-refractivity contribution in [2.45, 2.75) is 31.7 Å². The standard InChI is InChI=1S/C17H17BrFN/c1-11-3-2-4-12(7-11)13-8-15(9-13)20-14-5-6-17(19)16(18)10-14/h2-7,10,13,15,20H,8-9H2,1H3. The Morgan fingerprint density at radius 2 is 1.95 bits per heavy atom. The van der Waals surface area contributed by atoms with Crippen LogP contribution in [-0.4, -0.2) is 6.04 Å². The van der Waals surface area contributed by atoms with Crippen molar-refractivity contribution in [1.29, 1.82) is 0 Å². The summed E-state index contributed by atoms with van der Waals surface area (Å²) in [5, 5.41) is 3.46. The van der Waals surface area contributed by atoms with Gasteiger partial charge >= 0.3 is 0 Å². The second-order valence-electron chi connectivity index (χ2n) is 5.55. The lowest BCUT2D eigenvalue weighted by molar-refractivity contribution is 0.374. The maximum Gasteiger partial charge on any atom is 0.137 e. The van der Waals surface area contributed by atoms with Gasteiger partial charge in [0.2, 0.25) is 0 Å². The lowest BCUT2D eigenvalue weighted by Gasteiger charge is -2.37. The van der Waals surface area contributed by atoms with E-state index >= 15 is 0 Å². The van der Waals surface area contributed by atoms with Crippen molar-refractivity contribution in [3.63, 3.8) is 0 Å². The second-order valence-corrected chi connectivity index (χ2v) is 6.41. The molecular weight excluding hydrogens is 317 g/mol. The van der Waals surface area contributed by atoms with Gasteiger partial charge < -0.3 is 5.32 Å². The zero-order valence-electron chi connectivity index (χ0n) is 11.4. The summed E-state index contributed by atoms with van der Waals surface area (Å²) in [6.07, 6.45) is 2.27. The molecule has 1 nitrogen and oxygen atoms in total. The highest BCUT2D eigenvalue weighted by Crippen LogP contribution is 2.39. The fourth-order valence-electron chi connectivity index (χ4n) is 2.75. The molecule has 0 amide bonds. The fourth-order valence-corrected chi connectivity index (χ4v) is 3.13. The number of anilines is 1. The van der Waals surface area contributed by atoms with Crippen LogP contribution in [0.5, 0.6) is 0 Å². The zero-order chi connectivity index (χ0) is 14.1. The topological polar surface area (TPSA) is 12.0 Å². The lowest BCUT2D eigenvalue weighted by atomic mass is 9.75. The van der Waals surface area contributed by atoms with E-state index in [1.54, 1.807) is 12.1 Å². The number of rotatable bonds is 3. The Hall–Kier alpha value is -1.35. The molecule has 0 radical (unpaired) electrons. The minimum Gasteiger partial charge on any atom is -0.382 e. The molecular formula is C17H17BrFN. The first kappa shape index (κ1) is 13.6. The quantitative estimate of drug-likeness (QED) is 0.808. The molecule has 104 valence electrons. The predicted molar refractivity (Wildman–Crippen MR) is 84.7 cm³/mol. The van der Waals surface area contributed by atoms with E-state index in [0.29, 0.717) is 16.4 Å². The van der Waals surface area contributed by atoms with Crippen molar-refractivity contribution < 1.29 is 4.39 Å². The highest BCUT2D eigenvalue weighted by atomic mass is 79.9. The van der Waals surface area contributed by atoms with Crippen LogP contribution in [0.1, 0.15) is 29.9 Å². The normalized spacial score (nSPS) is 21.4. The summed E-state index contributed by atoms with van der Waals surface area (Å²) in [5.74, 6) is 0.429. The number of aryl methyl sites for hydroxylation is 1. The van der Waals surface area contributed by atoms with Crippen molar-refractivity contribution in [2.75, 3.05) is 5.32 Å². The third-order valence-electron chi connectivity index (χ3n) is 3.94. The maximum absolute atomic E-state index is 13.2. The molecule has 20 heavy (non-hydrogen) atoms. The van der Waals surface area contributed by atoms with Gasteiger partial charge in [-0.1, -0.05) is 29.8 Å². The highest BCUT2D eigenvalue weighted by molar-refractivity contribution is 9.10. The van der Waals surface area contributed by atoms with E-state index in [2.05, 4.69) is 52.4 Å². The van der Waals surface area contributed by atoms with Crippen LogP contribution in [0, 0.1) is 12.7 Å². The van der Waals surface area contributed by atoms with E-state index < -0.39 is 0 Å². The Bertz CT molecular complexity index is 620. The molecule has 0 spiro atoms. The molecule has 0 unspecified atom stereocenters. The van der Waals surface area contributed by atoms with E-state index in [9.17, 15) is 4.39 Å².